The summed E-state index contributed by atoms with van der Waals surface area (Å²) in [6.07, 6.45) is 2.77. The number of carbonyl (C=O) groups is 1. The minimum atomic E-state index is -0.706. The van der Waals surface area contributed by atoms with E-state index in [2.05, 4.69) is 58.8 Å². The average Bonchev–Trinajstić information content (AvgIpc) is 2.47. The molecule has 1 rings (SSSR count). The number of carboxylic acids is 1. The van der Waals surface area contributed by atoms with E-state index in [0.29, 0.717) is 24.2 Å². The van der Waals surface area contributed by atoms with Gasteiger partial charge in [-0.25, -0.2) is 0 Å². The van der Waals surface area contributed by atoms with Crippen molar-refractivity contribution in [3.05, 3.63) is 35.4 Å². The second-order valence-electron chi connectivity index (χ2n) is 7.87. The third kappa shape index (κ3) is 6.64. The summed E-state index contributed by atoms with van der Waals surface area (Å²) in [6.45, 7) is 9.80. The van der Waals surface area contributed by atoms with Gasteiger partial charge in [0.15, 0.2) is 0 Å². The lowest BCUT2D eigenvalue weighted by atomic mass is 9.80. The Labute approximate surface area is 148 Å². The van der Waals surface area contributed by atoms with Gasteiger partial charge in [-0.3, -0.25) is 4.79 Å². The molecule has 0 spiro atoms. The van der Waals surface area contributed by atoms with Gasteiger partial charge in [0.25, 0.3) is 0 Å². The van der Waals surface area contributed by atoms with Gasteiger partial charge in [0.2, 0.25) is 0 Å². The Bertz CT molecular complexity index is 493. The second kappa shape index (κ2) is 9.83. The topological polar surface area (TPSA) is 40.5 Å². The molecule has 0 saturated carbocycles. The van der Waals surface area contributed by atoms with Crippen LogP contribution in [0.25, 0.3) is 0 Å². The molecule has 0 bridgehead atoms. The van der Waals surface area contributed by atoms with Crippen LogP contribution in [0.1, 0.15) is 57.6 Å². The molecule has 1 aromatic rings. The highest BCUT2D eigenvalue weighted by atomic mass is 16.4. The molecule has 1 N–H and O–H groups in total. The van der Waals surface area contributed by atoms with Gasteiger partial charge in [0.1, 0.15) is 0 Å². The van der Waals surface area contributed by atoms with Crippen molar-refractivity contribution in [3.8, 4) is 0 Å². The summed E-state index contributed by atoms with van der Waals surface area (Å²) in [5.74, 6) is 0.410. The Morgan fingerprint density at radius 2 is 1.71 bits per heavy atom. The molecular formula is C21H35NO2. The Balaban J connectivity index is 2.87. The Morgan fingerprint density at radius 1 is 1.12 bits per heavy atom. The van der Waals surface area contributed by atoms with Gasteiger partial charge < -0.3 is 10.0 Å². The molecule has 3 atom stereocenters. The van der Waals surface area contributed by atoms with Gasteiger partial charge in [-0.1, -0.05) is 58.4 Å². The third-order valence-corrected chi connectivity index (χ3v) is 4.84. The zero-order valence-electron chi connectivity index (χ0n) is 16.2. The predicted molar refractivity (Wildman–Crippen MR) is 101 cm³/mol. The first-order valence-electron chi connectivity index (χ1n) is 9.20. The van der Waals surface area contributed by atoms with Crippen molar-refractivity contribution >= 4 is 5.97 Å². The number of nitrogens with zero attached hydrogens (tertiary/aromatic N) is 1. The van der Waals surface area contributed by atoms with E-state index in [4.69, 9.17) is 0 Å². The molecular weight excluding hydrogens is 298 g/mol. The molecule has 0 aliphatic heterocycles. The van der Waals surface area contributed by atoms with Crippen LogP contribution in [0.4, 0.5) is 0 Å². The fourth-order valence-electron chi connectivity index (χ4n) is 3.57. The van der Waals surface area contributed by atoms with E-state index in [-0.39, 0.29) is 0 Å². The first-order chi connectivity index (χ1) is 11.2. The number of benzene rings is 1. The number of hydrogen-bond acceptors (Lipinski definition) is 2. The smallest absolute Gasteiger partial charge is 0.310 e. The number of hydrogen-bond donors (Lipinski definition) is 1. The first kappa shape index (κ1) is 20.7. The van der Waals surface area contributed by atoms with Crippen LogP contribution in [0.3, 0.4) is 0 Å². The van der Waals surface area contributed by atoms with Gasteiger partial charge in [-0.15, -0.1) is 0 Å². The van der Waals surface area contributed by atoms with Crippen LogP contribution >= 0.6 is 0 Å². The van der Waals surface area contributed by atoms with E-state index in [1.807, 2.05) is 12.1 Å². The largest absolute Gasteiger partial charge is 0.481 e. The highest BCUT2D eigenvalue weighted by Crippen LogP contribution is 2.31. The van der Waals surface area contributed by atoms with Crippen molar-refractivity contribution in [1.29, 1.82) is 0 Å². The lowest BCUT2D eigenvalue weighted by Crippen LogP contribution is -2.27. The summed E-state index contributed by atoms with van der Waals surface area (Å²) >= 11 is 0. The predicted octanol–water partition coefficient (Wildman–Crippen LogP) is 4.67. The molecule has 24 heavy (non-hydrogen) atoms. The van der Waals surface area contributed by atoms with Crippen molar-refractivity contribution in [3.63, 3.8) is 0 Å². The summed E-state index contributed by atoms with van der Waals surface area (Å²) in [7, 11) is 4.15. The van der Waals surface area contributed by atoms with Gasteiger partial charge in [-0.2, -0.15) is 0 Å². The maximum Gasteiger partial charge on any atom is 0.310 e. The van der Waals surface area contributed by atoms with Crippen LogP contribution in [-0.4, -0.2) is 36.6 Å². The zero-order chi connectivity index (χ0) is 18.3. The Kier molecular flexibility index (Phi) is 8.47. The van der Waals surface area contributed by atoms with Gasteiger partial charge in [0, 0.05) is 6.54 Å². The quantitative estimate of drug-likeness (QED) is 0.676. The maximum absolute atomic E-state index is 11.8. The van der Waals surface area contributed by atoms with Crippen molar-refractivity contribution in [2.24, 2.45) is 17.8 Å². The normalized spacial score (nSPS) is 15.5. The van der Waals surface area contributed by atoms with E-state index >= 15 is 0 Å². The lowest BCUT2D eigenvalue weighted by Gasteiger charge is -2.28. The van der Waals surface area contributed by atoms with E-state index in [9.17, 15) is 9.90 Å². The molecule has 136 valence electrons. The van der Waals surface area contributed by atoms with Crippen LogP contribution in [0.15, 0.2) is 24.3 Å². The molecule has 3 heteroatoms. The summed E-state index contributed by atoms with van der Waals surface area (Å²) < 4.78 is 0. The van der Waals surface area contributed by atoms with Crippen LogP contribution in [0.5, 0.6) is 0 Å². The van der Waals surface area contributed by atoms with Crippen molar-refractivity contribution < 1.29 is 9.90 Å². The Morgan fingerprint density at radius 3 is 2.12 bits per heavy atom. The Hall–Kier alpha value is -1.35. The van der Waals surface area contributed by atoms with E-state index in [1.165, 1.54) is 5.56 Å². The minimum Gasteiger partial charge on any atom is -0.481 e. The molecule has 0 saturated heterocycles. The van der Waals surface area contributed by atoms with E-state index < -0.39 is 11.9 Å². The first-order valence-corrected chi connectivity index (χ1v) is 9.20. The van der Waals surface area contributed by atoms with Crippen molar-refractivity contribution in [2.45, 2.75) is 52.9 Å². The van der Waals surface area contributed by atoms with E-state index in [0.717, 1.165) is 24.9 Å². The average molecular weight is 334 g/mol. The third-order valence-electron chi connectivity index (χ3n) is 4.84. The van der Waals surface area contributed by atoms with Gasteiger partial charge >= 0.3 is 5.97 Å². The second-order valence-corrected chi connectivity index (χ2v) is 7.87. The minimum absolute atomic E-state index is 0.410. The highest BCUT2D eigenvalue weighted by Gasteiger charge is 2.26. The summed E-state index contributed by atoms with van der Waals surface area (Å²) in [4.78, 5) is 14.0. The van der Waals surface area contributed by atoms with Crippen LogP contribution in [0, 0.1) is 17.8 Å². The van der Waals surface area contributed by atoms with Crippen LogP contribution < -0.4 is 0 Å². The molecule has 0 radical (unpaired) electrons. The fraction of sp³-hybridized carbons (Fsp3) is 0.667. The molecule has 0 aliphatic rings. The number of rotatable bonds is 10. The van der Waals surface area contributed by atoms with E-state index in [1.54, 1.807) is 0 Å². The molecule has 0 aromatic heterocycles. The molecule has 0 amide bonds. The SMILES string of the molecule is CCC(CC(C(=O)O)c1ccc(CC(C)C)cc1)C(C)CN(C)C. The summed E-state index contributed by atoms with van der Waals surface area (Å²) in [6, 6.07) is 8.21. The van der Waals surface area contributed by atoms with Gasteiger partial charge in [-0.05, 0) is 55.8 Å². The van der Waals surface area contributed by atoms with Crippen LogP contribution in [-0.2, 0) is 11.2 Å². The molecule has 3 nitrogen and oxygen atoms in total. The molecule has 3 unspecified atom stereocenters. The molecule has 1 aromatic carbocycles. The summed E-state index contributed by atoms with van der Waals surface area (Å²) in [5.41, 5.74) is 2.22. The summed E-state index contributed by atoms with van der Waals surface area (Å²) in [5, 5.41) is 9.74. The monoisotopic (exact) mass is 333 g/mol. The zero-order valence-corrected chi connectivity index (χ0v) is 16.2. The molecule has 0 fully saturated rings. The van der Waals surface area contributed by atoms with Gasteiger partial charge in [0.05, 0.1) is 5.92 Å². The van der Waals surface area contributed by atoms with Crippen molar-refractivity contribution in [2.75, 3.05) is 20.6 Å². The molecule has 0 heterocycles. The number of aliphatic carboxylic acids is 1. The lowest BCUT2D eigenvalue weighted by molar-refractivity contribution is -0.139. The molecule has 0 aliphatic carbocycles. The van der Waals surface area contributed by atoms with Crippen molar-refractivity contribution in [1.82, 2.24) is 4.90 Å². The maximum atomic E-state index is 11.8. The van der Waals surface area contributed by atoms with Crippen LogP contribution in [0.2, 0.25) is 0 Å². The number of carboxylic acid groups (broad SMARTS) is 1. The highest BCUT2D eigenvalue weighted by molar-refractivity contribution is 5.76. The fourth-order valence-corrected chi connectivity index (χ4v) is 3.57. The standard InChI is InChI=1S/C21H35NO2/c1-7-18(16(4)14-22(5)6)13-20(21(23)24)19-10-8-17(9-11-19)12-15(2)3/h8-11,15-16,18,20H,7,12-14H2,1-6H3,(H,23,24).